The Morgan fingerprint density at radius 2 is 1.53 bits per heavy atom. The van der Waals surface area contributed by atoms with Gasteiger partial charge < -0.3 is 0 Å². The SMILES string of the molecule is CN(c1ccccc1C=O)S(=O)(=O)c1ccccc1. The van der Waals surface area contributed by atoms with Crippen molar-refractivity contribution in [1.29, 1.82) is 0 Å². The summed E-state index contributed by atoms with van der Waals surface area (Å²) in [5, 5.41) is 0. The van der Waals surface area contributed by atoms with Gasteiger partial charge in [-0.15, -0.1) is 0 Å². The molecule has 0 bridgehead atoms. The fraction of sp³-hybridized carbons (Fsp3) is 0.0714. The molecule has 2 aromatic rings. The molecule has 0 saturated heterocycles. The van der Waals surface area contributed by atoms with Gasteiger partial charge in [0.1, 0.15) is 0 Å². The largest absolute Gasteiger partial charge is 0.298 e. The molecular weight excluding hydrogens is 262 g/mol. The quantitative estimate of drug-likeness (QED) is 0.805. The van der Waals surface area contributed by atoms with Crippen LogP contribution >= 0.6 is 0 Å². The van der Waals surface area contributed by atoms with Crippen LogP contribution < -0.4 is 4.31 Å². The molecule has 2 aromatic carbocycles. The predicted molar refractivity (Wildman–Crippen MR) is 73.9 cm³/mol. The van der Waals surface area contributed by atoms with Gasteiger partial charge in [0.05, 0.1) is 10.6 Å². The van der Waals surface area contributed by atoms with E-state index in [1.54, 1.807) is 42.5 Å². The van der Waals surface area contributed by atoms with Crippen LogP contribution in [0.2, 0.25) is 0 Å². The van der Waals surface area contributed by atoms with E-state index in [9.17, 15) is 13.2 Å². The molecule has 0 aliphatic carbocycles. The van der Waals surface area contributed by atoms with Crippen molar-refractivity contribution >= 4 is 22.0 Å². The maximum atomic E-state index is 12.4. The molecule has 0 fully saturated rings. The average molecular weight is 275 g/mol. The summed E-state index contributed by atoms with van der Waals surface area (Å²) in [6.07, 6.45) is 0.645. The van der Waals surface area contributed by atoms with Crippen LogP contribution in [-0.2, 0) is 10.0 Å². The van der Waals surface area contributed by atoms with E-state index in [1.807, 2.05) is 0 Å². The highest BCUT2D eigenvalue weighted by atomic mass is 32.2. The second-order valence-electron chi connectivity index (χ2n) is 3.96. The van der Waals surface area contributed by atoms with Gasteiger partial charge in [0.15, 0.2) is 6.29 Å². The van der Waals surface area contributed by atoms with Crippen LogP contribution in [-0.4, -0.2) is 21.8 Å². The van der Waals surface area contributed by atoms with E-state index >= 15 is 0 Å². The van der Waals surface area contributed by atoms with Crippen molar-refractivity contribution in [3.63, 3.8) is 0 Å². The lowest BCUT2D eigenvalue weighted by molar-refractivity contribution is 0.112. The normalized spacial score (nSPS) is 11.0. The lowest BCUT2D eigenvalue weighted by atomic mass is 10.2. The first-order valence-electron chi connectivity index (χ1n) is 5.65. The molecule has 98 valence electrons. The average Bonchev–Trinajstić information content (AvgIpc) is 2.47. The highest BCUT2D eigenvalue weighted by molar-refractivity contribution is 7.92. The molecule has 0 atom stereocenters. The molecule has 0 unspecified atom stereocenters. The Morgan fingerprint density at radius 1 is 0.947 bits per heavy atom. The van der Waals surface area contributed by atoms with E-state index in [2.05, 4.69) is 0 Å². The minimum Gasteiger partial charge on any atom is -0.298 e. The first-order chi connectivity index (χ1) is 9.07. The van der Waals surface area contributed by atoms with Crippen molar-refractivity contribution < 1.29 is 13.2 Å². The van der Waals surface area contributed by atoms with E-state index in [0.29, 0.717) is 17.5 Å². The number of rotatable bonds is 4. The van der Waals surface area contributed by atoms with Crippen LogP contribution in [0, 0.1) is 0 Å². The Hall–Kier alpha value is -2.14. The monoisotopic (exact) mass is 275 g/mol. The number of carbonyl (C=O) groups is 1. The molecule has 0 heterocycles. The predicted octanol–water partition coefficient (Wildman–Crippen LogP) is 2.32. The summed E-state index contributed by atoms with van der Waals surface area (Å²) in [4.78, 5) is 11.2. The molecule has 19 heavy (non-hydrogen) atoms. The Labute approximate surface area is 112 Å². The molecule has 0 aliphatic rings. The number of benzene rings is 2. The van der Waals surface area contributed by atoms with Gasteiger partial charge in [-0.3, -0.25) is 9.10 Å². The number of nitrogens with zero attached hydrogens (tertiary/aromatic N) is 1. The number of para-hydroxylation sites is 1. The fourth-order valence-electron chi connectivity index (χ4n) is 1.75. The summed E-state index contributed by atoms with van der Waals surface area (Å²) in [6, 6.07) is 14.7. The highest BCUT2D eigenvalue weighted by Gasteiger charge is 2.22. The van der Waals surface area contributed by atoms with E-state index in [1.165, 1.54) is 19.2 Å². The number of sulfonamides is 1. The first-order valence-corrected chi connectivity index (χ1v) is 7.09. The third-order valence-corrected chi connectivity index (χ3v) is 4.59. The van der Waals surface area contributed by atoms with Crippen molar-refractivity contribution in [2.45, 2.75) is 4.90 Å². The van der Waals surface area contributed by atoms with Gasteiger partial charge >= 0.3 is 0 Å². The number of hydrogen-bond donors (Lipinski definition) is 0. The number of aldehydes is 1. The summed E-state index contributed by atoms with van der Waals surface area (Å²) in [5.41, 5.74) is 0.700. The maximum absolute atomic E-state index is 12.4. The Balaban J connectivity index is 2.50. The number of carbonyl (C=O) groups excluding carboxylic acids is 1. The first kappa shape index (κ1) is 13.3. The molecule has 0 saturated carbocycles. The number of hydrogen-bond acceptors (Lipinski definition) is 3. The third-order valence-electron chi connectivity index (χ3n) is 2.80. The molecule has 0 N–H and O–H groups in total. The summed E-state index contributed by atoms with van der Waals surface area (Å²) < 4.78 is 25.9. The van der Waals surface area contributed by atoms with E-state index in [-0.39, 0.29) is 4.90 Å². The van der Waals surface area contributed by atoms with Crippen molar-refractivity contribution in [2.75, 3.05) is 11.4 Å². The van der Waals surface area contributed by atoms with E-state index in [0.717, 1.165) is 4.31 Å². The minimum absolute atomic E-state index is 0.193. The second kappa shape index (κ2) is 5.24. The van der Waals surface area contributed by atoms with Gasteiger partial charge in [0, 0.05) is 12.6 Å². The smallest absolute Gasteiger partial charge is 0.264 e. The Morgan fingerprint density at radius 3 is 2.16 bits per heavy atom. The van der Waals surface area contributed by atoms with Crippen molar-refractivity contribution in [1.82, 2.24) is 0 Å². The van der Waals surface area contributed by atoms with Crippen LogP contribution in [0.1, 0.15) is 10.4 Å². The zero-order chi connectivity index (χ0) is 13.9. The molecule has 0 spiro atoms. The van der Waals surface area contributed by atoms with Crippen LogP contribution in [0.15, 0.2) is 59.5 Å². The lowest BCUT2D eigenvalue weighted by Gasteiger charge is -2.20. The summed E-state index contributed by atoms with van der Waals surface area (Å²) in [5.74, 6) is 0. The van der Waals surface area contributed by atoms with Crippen molar-refractivity contribution in [3.8, 4) is 0 Å². The topological polar surface area (TPSA) is 54.5 Å². The molecule has 2 rings (SSSR count). The second-order valence-corrected chi connectivity index (χ2v) is 5.93. The molecular formula is C14H13NO3S. The van der Waals surface area contributed by atoms with Gasteiger partial charge in [0.25, 0.3) is 10.0 Å². The molecule has 0 amide bonds. The maximum Gasteiger partial charge on any atom is 0.264 e. The van der Waals surface area contributed by atoms with E-state index in [4.69, 9.17) is 0 Å². The van der Waals surface area contributed by atoms with Crippen LogP contribution in [0.5, 0.6) is 0 Å². The van der Waals surface area contributed by atoms with Crippen LogP contribution in [0.25, 0.3) is 0 Å². The van der Waals surface area contributed by atoms with Crippen LogP contribution in [0.4, 0.5) is 5.69 Å². The van der Waals surface area contributed by atoms with Gasteiger partial charge in [-0.1, -0.05) is 30.3 Å². The Bertz CT molecular complexity index is 681. The zero-order valence-electron chi connectivity index (χ0n) is 10.4. The zero-order valence-corrected chi connectivity index (χ0v) is 11.2. The van der Waals surface area contributed by atoms with Crippen LogP contribution in [0.3, 0.4) is 0 Å². The number of anilines is 1. The third kappa shape index (κ3) is 2.51. The van der Waals surface area contributed by atoms with Gasteiger partial charge in [-0.25, -0.2) is 8.42 Å². The van der Waals surface area contributed by atoms with Crippen molar-refractivity contribution in [3.05, 3.63) is 60.2 Å². The van der Waals surface area contributed by atoms with Gasteiger partial charge in [-0.2, -0.15) is 0 Å². The summed E-state index contributed by atoms with van der Waals surface area (Å²) in [7, 11) is -2.21. The van der Waals surface area contributed by atoms with Crippen molar-refractivity contribution in [2.24, 2.45) is 0 Å². The van der Waals surface area contributed by atoms with E-state index < -0.39 is 10.0 Å². The molecule has 5 heteroatoms. The molecule has 0 aliphatic heterocycles. The molecule has 0 radical (unpaired) electrons. The molecule has 0 aromatic heterocycles. The lowest BCUT2D eigenvalue weighted by Crippen LogP contribution is -2.27. The van der Waals surface area contributed by atoms with Gasteiger partial charge in [0.2, 0.25) is 0 Å². The van der Waals surface area contributed by atoms with Gasteiger partial charge in [-0.05, 0) is 24.3 Å². The Kier molecular flexibility index (Phi) is 3.66. The summed E-state index contributed by atoms with van der Waals surface area (Å²) in [6.45, 7) is 0. The summed E-state index contributed by atoms with van der Waals surface area (Å²) >= 11 is 0. The molecule has 4 nitrogen and oxygen atoms in total. The fourth-order valence-corrected chi connectivity index (χ4v) is 3.00. The minimum atomic E-state index is -3.65. The highest BCUT2D eigenvalue weighted by Crippen LogP contribution is 2.24. The standard InChI is InChI=1S/C14H13NO3S/c1-15(14-10-6-5-7-12(14)11-16)19(17,18)13-8-3-2-4-9-13/h2-11H,1H3.